The van der Waals surface area contributed by atoms with E-state index in [1.54, 1.807) is 11.1 Å². The molecule has 0 unspecified atom stereocenters. The first-order valence-electron chi connectivity index (χ1n) is 4.16. The van der Waals surface area contributed by atoms with Gasteiger partial charge in [-0.25, -0.2) is 5.01 Å². The molecule has 13 heavy (non-hydrogen) atoms. The molecule has 2 rings (SSSR count). The Morgan fingerprint density at radius 1 is 1.23 bits per heavy atom. The van der Waals surface area contributed by atoms with Crippen molar-refractivity contribution in [2.24, 2.45) is 0 Å². The monoisotopic (exact) mass is 174 g/mol. The highest BCUT2D eigenvalue weighted by molar-refractivity contribution is 5.90. The maximum atomic E-state index is 11.2. The van der Waals surface area contributed by atoms with Gasteiger partial charge in [-0.2, -0.15) is 0 Å². The summed E-state index contributed by atoms with van der Waals surface area (Å²) in [5.74, 6) is 0.00357. The van der Waals surface area contributed by atoms with Crippen LogP contribution in [0.5, 0.6) is 0 Å². The van der Waals surface area contributed by atoms with Crippen molar-refractivity contribution in [3.05, 3.63) is 42.5 Å². The van der Waals surface area contributed by atoms with Crippen molar-refractivity contribution in [3.63, 3.8) is 0 Å². The van der Waals surface area contributed by atoms with E-state index in [1.807, 2.05) is 36.4 Å². The summed E-state index contributed by atoms with van der Waals surface area (Å²) >= 11 is 0. The van der Waals surface area contributed by atoms with E-state index in [4.69, 9.17) is 0 Å². The molecule has 1 aliphatic heterocycles. The molecule has 0 spiro atoms. The topological polar surface area (TPSA) is 32.3 Å². The SMILES string of the molecule is O=C1C=CCN1Nc1ccccc1. The summed E-state index contributed by atoms with van der Waals surface area (Å²) in [7, 11) is 0. The number of para-hydroxylation sites is 1. The Labute approximate surface area is 76.6 Å². The maximum absolute atomic E-state index is 11.2. The van der Waals surface area contributed by atoms with Crippen molar-refractivity contribution in [2.75, 3.05) is 12.0 Å². The number of carbonyl (C=O) groups excluding carboxylic acids is 1. The largest absolute Gasteiger partial charge is 0.296 e. The lowest BCUT2D eigenvalue weighted by Gasteiger charge is -2.17. The van der Waals surface area contributed by atoms with Crippen molar-refractivity contribution < 1.29 is 4.79 Å². The first-order valence-corrected chi connectivity index (χ1v) is 4.16. The van der Waals surface area contributed by atoms with Gasteiger partial charge in [-0.05, 0) is 12.1 Å². The van der Waals surface area contributed by atoms with Gasteiger partial charge >= 0.3 is 0 Å². The quantitative estimate of drug-likeness (QED) is 0.735. The number of carbonyl (C=O) groups is 1. The second-order valence-electron chi connectivity index (χ2n) is 2.83. The molecule has 0 saturated carbocycles. The summed E-state index contributed by atoms with van der Waals surface area (Å²) in [5, 5.41) is 1.56. The van der Waals surface area contributed by atoms with Crippen LogP contribution in [0.15, 0.2) is 42.5 Å². The third-order valence-electron chi connectivity index (χ3n) is 1.85. The fourth-order valence-electron chi connectivity index (χ4n) is 1.21. The van der Waals surface area contributed by atoms with Crippen molar-refractivity contribution in [1.82, 2.24) is 5.01 Å². The molecular weight excluding hydrogens is 164 g/mol. The smallest absolute Gasteiger partial charge is 0.264 e. The fraction of sp³-hybridized carbons (Fsp3) is 0.100. The Balaban J connectivity index is 2.03. The summed E-state index contributed by atoms with van der Waals surface area (Å²) in [6, 6.07) is 9.64. The van der Waals surface area contributed by atoms with Crippen LogP contribution in [0.25, 0.3) is 0 Å². The first kappa shape index (κ1) is 7.86. The van der Waals surface area contributed by atoms with E-state index in [-0.39, 0.29) is 5.91 Å². The normalized spacial score (nSPS) is 15.1. The Kier molecular flexibility index (Phi) is 2.00. The highest BCUT2D eigenvalue weighted by Crippen LogP contribution is 2.09. The zero-order valence-electron chi connectivity index (χ0n) is 7.10. The first-order chi connectivity index (χ1) is 6.36. The number of amides is 1. The lowest BCUT2D eigenvalue weighted by Crippen LogP contribution is -2.31. The average Bonchev–Trinajstić information content (AvgIpc) is 2.54. The maximum Gasteiger partial charge on any atom is 0.264 e. The van der Waals surface area contributed by atoms with Crippen LogP contribution in [-0.2, 0) is 4.79 Å². The second-order valence-corrected chi connectivity index (χ2v) is 2.83. The third-order valence-corrected chi connectivity index (χ3v) is 1.85. The Hall–Kier alpha value is -1.77. The van der Waals surface area contributed by atoms with Crippen LogP contribution in [0.4, 0.5) is 5.69 Å². The highest BCUT2D eigenvalue weighted by Gasteiger charge is 2.13. The van der Waals surface area contributed by atoms with E-state index in [2.05, 4.69) is 5.43 Å². The summed E-state index contributed by atoms with van der Waals surface area (Å²) in [6.45, 7) is 0.633. The summed E-state index contributed by atoms with van der Waals surface area (Å²) in [4.78, 5) is 11.2. The van der Waals surface area contributed by atoms with Gasteiger partial charge in [0.1, 0.15) is 0 Å². The van der Waals surface area contributed by atoms with Crippen LogP contribution in [0.3, 0.4) is 0 Å². The number of hydrogen-bond acceptors (Lipinski definition) is 2. The van der Waals surface area contributed by atoms with Crippen LogP contribution < -0.4 is 5.43 Å². The minimum atomic E-state index is 0.00357. The zero-order valence-corrected chi connectivity index (χ0v) is 7.10. The Morgan fingerprint density at radius 3 is 2.62 bits per heavy atom. The molecular formula is C10H10N2O. The average molecular weight is 174 g/mol. The van der Waals surface area contributed by atoms with Gasteiger partial charge in [0.2, 0.25) is 0 Å². The van der Waals surface area contributed by atoms with Gasteiger partial charge in [-0.15, -0.1) is 0 Å². The lowest BCUT2D eigenvalue weighted by molar-refractivity contribution is -0.123. The molecule has 1 aliphatic rings. The van der Waals surface area contributed by atoms with Crippen molar-refractivity contribution in [3.8, 4) is 0 Å². The molecule has 3 nitrogen and oxygen atoms in total. The van der Waals surface area contributed by atoms with Crippen LogP contribution in [0.1, 0.15) is 0 Å². The van der Waals surface area contributed by atoms with Crippen LogP contribution in [-0.4, -0.2) is 17.5 Å². The molecule has 1 aromatic rings. The predicted octanol–water partition coefficient (Wildman–Crippen LogP) is 1.41. The predicted molar refractivity (Wildman–Crippen MR) is 50.9 cm³/mol. The molecule has 1 amide bonds. The van der Waals surface area contributed by atoms with E-state index in [9.17, 15) is 4.79 Å². The summed E-state index contributed by atoms with van der Waals surface area (Å²) < 4.78 is 0. The van der Waals surface area contributed by atoms with Gasteiger partial charge in [0.25, 0.3) is 5.91 Å². The molecule has 0 bridgehead atoms. The Bertz CT molecular complexity index is 332. The number of nitrogens with one attached hydrogen (secondary N) is 1. The van der Waals surface area contributed by atoms with Crippen molar-refractivity contribution in [2.45, 2.75) is 0 Å². The van der Waals surface area contributed by atoms with Crippen LogP contribution in [0, 0.1) is 0 Å². The van der Waals surface area contributed by atoms with Crippen molar-refractivity contribution in [1.29, 1.82) is 0 Å². The van der Waals surface area contributed by atoms with Gasteiger partial charge in [-0.1, -0.05) is 24.3 Å². The third kappa shape index (κ3) is 1.69. The van der Waals surface area contributed by atoms with Gasteiger partial charge in [0.05, 0.1) is 12.2 Å². The molecule has 1 aromatic carbocycles. The molecule has 1 heterocycles. The number of anilines is 1. The van der Waals surface area contributed by atoms with Gasteiger partial charge in [0.15, 0.2) is 0 Å². The lowest BCUT2D eigenvalue weighted by atomic mass is 10.3. The molecule has 0 saturated heterocycles. The number of hydrogen-bond donors (Lipinski definition) is 1. The molecule has 0 atom stereocenters. The Morgan fingerprint density at radius 2 is 2.00 bits per heavy atom. The highest BCUT2D eigenvalue weighted by atomic mass is 16.2. The second kappa shape index (κ2) is 3.31. The van der Waals surface area contributed by atoms with Gasteiger partial charge in [-0.3, -0.25) is 10.2 Å². The number of nitrogens with zero attached hydrogens (tertiary/aromatic N) is 1. The summed E-state index contributed by atoms with van der Waals surface area (Å²) in [6.07, 6.45) is 3.40. The van der Waals surface area contributed by atoms with Crippen molar-refractivity contribution >= 4 is 11.6 Å². The molecule has 0 aliphatic carbocycles. The van der Waals surface area contributed by atoms with E-state index in [0.717, 1.165) is 5.69 Å². The summed E-state index contributed by atoms with van der Waals surface area (Å²) in [5.41, 5.74) is 3.94. The molecule has 3 heteroatoms. The van der Waals surface area contributed by atoms with E-state index < -0.39 is 0 Å². The van der Waals surface area contributed by atoms with E-state index in [0.29, 0.717) is 6.54 Å². The van der Waals surface area contributed by atoms with Crippen LogP contribution >= 0.6 is 0 Å². The fourth-order valence-corrected chi connectivity index (χ4v) is 1.21. The molecule has 1 N–H and O–H groups in total. The minimum Gasteiger partial charge on any atom is -0.296 e. The van der Waals surface area contributed by atoms with E-state index in [1.165, 1.54) is 0 Å². The zero-order chi connectivity index (χ0) is 9.10. The number of rotatable bonds is 2. The molecule has 0 fully saturated rings. The van der Waals surface area contributed by atoms with E-state index >= 15 is 0 Å². The van der Waals surface area contributed by atoms with Crippen LogP contribution in [0.2, 0.25) is 0 Å². The van der Waals surface area contributed by atoms with Gasteiger partial charge < -0.3 is 0 Å². The molecule has 0 radical (unpaired) electrons. The number of hydrazine groups is 1. The standard InChI is InChI=1S/C10H10N2O/c13-10-7-4-8-12(10)11-9-5-2-1-3-6-9/h1-7,11H,8H2. The minimum absolute atomic E-state index is 0.00357. The molecule has 0 aromatic heterocycles. The van der Waals surface area contributed by atoms with Gasteiger partial charge in [0, 0.05) is 6.08 Å². The molecule has 66 valence electrons. The number of benzene rings is 1.